The van der Waals surface area contributed by atoms with Crippen LogP contribution in [0.3, 0.4) is 0 Å². The molecule has 0 saturated carbocycles. The summed E-state index contributed by atoms with van der Waals surface area (Å²) in [7, 11) is 0. The zero-order chi connectivity index (χ0) is 29.4. The number of halogens is 1. The first kappa shape index (κ1) is 29.7. The highest BCUT2D eigenvalue weighted by molar-refractivity contribution is 5.93. The maximum Gasteiger partial charge on any atom is 0.305 e. The van der Waals surface area contributed by atoms with Crippen molar-refractivity contribution in [1.82, 2.24) is 4.57 Å². The van der Waals surface area contributed by atoms with E-state index in [2.05, 4.69) is 18.4 Å². The molecule has 4 aromatic rings. The third-order valence-electron chi connectivity index (χ3n) is 6.76. The van der Waals surface area contributed by atoms with Crippen molar-refractivity contribution < 1.29 is 29.2 Å². The van der Waals surface area contributed by atoms with Crippen LogP contribution >= 0.6 is 0 Å². The second-order valence-electron chi connectivity index (χ2n) is 10.2. The lowest BCUT2D eigenvalue weighted by molar-refractivity contribution is -0.139. The van der Waals surface area contributed by atoms with Crippen LogP contribution in [0.25, 0.3) is 22.4 Å². The maximum atomic E-state index is 14.0. The average Bonchev–Trinajstić information content (AvgIpc) is 3.27. The van der Waals surface area contributed by atoms with Gasteiger partial charge in [0.25, 0.3) is 0 Å². The fraction of sp³-hybridized carbons (Fsp3) is 0.273. The lowest BCUT2D eigenvalue weighted by atomic mass is 9.98. The number of hydrogen-bond donors (Lipinski definition) is 3. The normalized spacial score (nSPS) is 13.0. The van der Waals surface area contributed by atoms with Gasteiger partial charge < -0.3 is 24.6 Å². The van der Waals surface area contributed by atoms with Gasteiger partial charge in [0.2, 0.25) is 0 Å². The number of rotatable bonds is 13. The number of ether oxygens (including phenoxy) is 1. The van der Waals surface area contributed by atoms with E-state index < -0.39 is 24.6 Å². The minimum absolute atomic E-state index is 0.00489. The molecule has 0 saturated heterocycles. The van der Waals surface area contributed by atoms with Crippen LogP contribution in [0.4, 0.5) is 10.1 Å². The van der Waals surface area contributed by atoms with Gasteiger partial charge in [-0.05, 0) is 66.3 Å². The SMILES string of the molecule is CC(C)c1c(/N=C/Oc2ccccc2)c(-c2ccccc2)c(-c2ccc(F)cc2)n1CC[C@@H](O)C[C@@H](O)CC(=O)O. The summed E-state index contributed by atoms with van der Waals surface area (Å²) in [6.45, 7) is 4.47. The average molecular weight is 559 g/mol. The van der Waals surface area contributed by atoms with Gasteiger partial charge in [-0.1, -0.05) is 62.4 Å². The van der Waals surface area contributed by atoms with Gasteiger partial charge in [0.1, 0.15) is 11.6 Å². The van der Waals surface area contributed by atoms with Crippen molar-refractivity contribution in [2.75, 3.05) is 0 Å². The highest BCUT2D eigenvalue weighted by Gasteiger charge is 2.27. The van der Waals surface area contributed by atoms with Gasteiger partial charge in [0, 0.05) is 17.8 Å². The summed E-state index contributed by atoms with van der Waals surface area (Å²) in [5, 5.41) is 29.7. The molecule has 4 rings (SSSR count). The third kappa shape index (κ3) is 7.68. The van der Waals surface area contributed by atoms with E-state index in [-0.39, 0.29) is 24.6 Å². The molecule has 0 amide bonds. The van der Waals surface area contributed by atoms with Crippen molar-refractivity contribution in [3.8, 4) is 28.1 Å². The molecule has 0 fully saturated rings. The molecule has 0 aliphatic carbocycles. The van der Waals surface area contributed by atoms with Gasteiger partial charge >= 0.3 is 5.97 Å². The highest BCUT2D eigenvalue weighted by atomic mass is 19.1. The molecule has 2 atom stereocenters. The first-order chi connectivity index (χ1) is 19.7. The van der Waals surface area contributed by atoms with Crippen molar-refractivity contribution in [3.63, 3.8) is 0 Å². The van der Waals surface area contributed by atoms with E-state index in [1.807, 2.05) is 60.7 Å². The van der Waals surface area contributed by atoms with E-state index in [9.17, 15) is 19.4 Å². The predicted octanol–water partition coefficient (Wildman–Crippen LogP) is 6.80. The van der Waals surface area contributed by atoms with Crippen LogP contribution in [0.1, 0.15) is 44.7 Å². The number of carbonyl (C=O) groups is 1. The lowest BCUT2D eigenvalue weighted by Crippen LogP contribution is -2.22. The summed E-state index contributed by atoms with van der Waals surface area (Å²) in [6, 6.07) is 25.4. The van der Waals surface area contributed by atoms with Gasteiger partial charge in [-0.15, -0.1) is 0 Å². The predicted molar refractivity (Wildman–Crippen MR) is 158 cm³/mol. The number of aliphatic hydroxyl groups is 2. The van der Waals surface area contributed by atoms with Crippen LogP contribution in [0.5, 0.6) is 5.75 Å². The molecular weight excluding hydrogens is 523 g/mol. The molecule has 8 heteroatoms. The van der Waals surface area contributed by atoms with Crippen LogP contribution in [0, 0.1) is 5.82 Å². The first-order valence-corrected chi connectivity index (χ1v) is 13.6. The summed E-state index contributed by atoms with van der Waals surface area (Å²) < 4.78 is 21.9. The molecule has 0 aliphatic heterocycles. The van der Waals surface area contributed by atoms with Gasteiger partial charge in [0.15, 0.2) is 6.40 Å². The Labute approximate surface area is 239 Å². The number of carboxylic acid groups (broad SMARTS) is 1. The third-order valence-corrected chi connectivity index (χ3v) is 6.76. The quantitative estimate of drug-likeness (QED) is 0.124. The summed E-state index contributed by atoms with van der Waals surface area (Å²) >= 11 is 0. The van der Waals surface area contributed by atoms with Crippen molar-refractivity contribution >= 4 is 18.1 Å². The number of aromatic nitrogens is 1. The van der Waals surface area contributed by atoms with Crippen molar-refractivity contribution in [2.45, 2.75) is 57.8 Å². The largest absolute Gasteiger partial charge is 0.481 e. The van der Waals surface area contributed by atoms with Crippen LogP contribution in [0.15, 0.2) is 89.9 Å². The Hall–Kier alpha value is -4.27. The van der Waals surface area contributed by atoms with E-state index in [1.165, 1.54) is 18.5 Å². The standard InChI is InChI=1S/C33H35FN2O5/c1-22(2)32-31(35-21-41-28-11-7-4-8-12-28)30(23-9-5-3-6-10-23)33(24-13-15-25(34)16-14-24)36(32)18-17-26(37)19-27(38)20-29(39)40/h3-16,21-22,26-27,37-38H,17-20H2,1-2H3,(H,39,40)/b35-21+/t26-,27-/m1/s1. The summed E-state index contributed by atoms with van der Waals surface area (Å²) in [6.07, 6.45) is -0.893. The van der Waals surface area contributed by atoms with E-state index in [4.69, 9.17) is 14.8 Å². The van der Waals surface area contributed by atoms with Crippen molar-refractivity contribution in [3.05, 3.63) is 96.4 Å². The molecular formula is C33H35FN2O5. The molecule has 0 unspecified atom stereocenters. The molecule has 41 heavy (non-hydrogen) atoms. The Kier molecular flexibility index (Phi) is 10.1. The molecule has 0 bridgehead atoms. The molecule has 3 N–H and O–H groups in total. The van der Waals surface area contributed by atoms with Gasteiger partial charge in [-0.3, -0.25) is 4.79 Å². The van der Waals surface area contributed by atoms with E-state index in [0.717, 1.165) is 28.1 Å². The number of benzene rings is 3. The van der Waals surface area contributed by atoms with Gasteiger partial charge in [0.05, 0.1) is 30.0 Å². The second-order valence-corrected chi connectivity index (χ2v) is 10.2. The van der Waals surface area contributed by atoms with E-state index in [1.54, 1.807) is 12.1 Å². The molecule has 1 heterocycles. The smallest absolute Gasteiger partial charge is 0.305 e. The fourth-order valence-corrected chi connectivity index (χ4v) is 4.99. The maximum absolute atomic E-state index is 14.0. The van der Waals surface area contributed by atoms with Crippen LogP contribution in [0.2, 0.25) is 0 Å². The number of nitrogens with zero attached hydrogens (tertiary/aromatic N) is 2. The number of aliphatic hydroxyl groups excluding tert-OH is 2. The monoisotopic (exact) mass is 558 g/mol. The summed E-state index contributed by atoms with van der Waals surface area (Å²) in [5.74, 6) is -0.826. The highest BCUT2D eigenvalue weighted by Crippen LogP contribution is 2.47. The number of carboxylic acids is 1. The van der Waals surface area contributed by atoms with E-state index in [0.29, 0.717) is 18.0 Å². The summed E-state index contributed by atoms with van der Waals surface area (Å²) in [5.41, 5.74) is 4.94. The topological polar surface area (TPSA) is 104 Å². The van der Waals surface area contributed by atoms with Gasteiger partial charge in [-0.2, -0.15) is 0 Å². The Morgan fingerprint density at radius 2 is 1.56 bits per heavy atom. The molecule has 214 valence electrons. The minimum atomic E-state index is -1.15. The van der Waals surface area contributed by atoms with Gasteiger partial charge in [-0.25, -0.2) is 9.38 Å². The molecule has 1 aromatic heterocycles. The Morgan fingerprint density at radius 1 is 0.927 bits per heavy atom. The second kappa shape index (κ2) is 13.9. The lowest BCUT2D eigenvalue weighted by Gasteiger charge is -2.19. The number of hydrogen-bond acceptors (Lipinski definition) is 5. The first-order valence-electron chi connectivity index (χ1n) is 13.6. The Balaban J connectivity index is 1.84. The van der Waals surface area contributed by atoms with Crippen LogP contribution < -0.4 is 4.74 Å². The molecule has 0 aliphatic rings. The Morgan fingerprint density at radius 3 is 2.17 bits per heavy atom. The number of para-hydroxylation sites is 1. The molecule has 7 nitrogen and oxygen atoms in total. The fourth-order valence-electron chi connectivity index (χ4n) is 4.99. The van der Waals surface area contributed by atoms with Crippen LogP contribution in [-0.2, 0) is 11.3 Å². The van der Waals surface area contributed by atoms with E-state index >= 15 is 0 Å². The van der Waals surface area contributed by atoms with Crippen molar-refractivity contribution in [1.29, 1.82) is 0 Å². The molecule has 0 radical (unpaired) electrons. The molecule has 3 aromatic carbocycles. The number of aliphatic carboxylic acids is 1. The summed E-state index contributed by atoms with van der Waals surface area (Å²) in [4.78, 5) is 15.8. The number of aliphatic imine (C=N–C) groups is 1. The zero-order valence-corrected chi connectivity index (χ0v) is 23.2. The van der Waals surface area contributed by atoms with Crippen molar-refractivity contribution in [2.24, 2.45) is 4.99 Å². The van der Waals surface area contributed by atoms with Crippen LogP contribution in [-0.4, -0.2) is 44.5 Å². The Bertz CT molecular complexity index is 1450. The zero-order valence-electron chi connectivity index (χ0n) is 23.2. The molecule has 0 spiro atoms. The minimum Gasteiger partial charge on any atom is -0.481 e.